The first-order valence-electron chi connectivity index (χ1n) is 5.41. The molecular weight excluding hydrogens is 254 g/mol. The summed E-state index contributed by atoms with van der Waals surface area (Å²) in [5.41, 5.74) is -0.199. The van der Waals surface area contributed by atoms with Gasteiger partial charge in [-0.2, -0.15) is 5.26 Å². The minimum absolute atomic E-state index is 0.0602. The molecule has 0 heterocycles. The number of carboxylic acid groups (broad SMARTS) is 1. The van der Waals surface area contributed by atoms with E-state index in [2.05, 4.69) is 15.4 Å². The van der Waals surface area contributed by atoms with Crippen LogP contribution in [0.5, 0.6) is 0 Å². The van der Waals surface area contributed by atoms with E-state index in [1.165, 1.54) is 13.3 Å². The predicted molar refractivity (Wildman–Crippen MR) is 63.6 cm³/mol. The maximum absolute atomic E-state index is 11.4. The average molecular weight is 269 g/mol. The van der Waals surface area contributed by atoms with Crippen molar-refractivity contribution in [1.29, 1.82) is 5.26 Å². The molecule has 0 rings (SSSR count). The van der Waals surface area contributed by atoms with Gasteiger partial charge in [-0.1, -0.05) is 0 Å². The molecule has 3 N–H and O–H groups in total. The van der Waals surface area contributed by atoms with Crippen molar-refractivity contribution < 1.29 is 24.2 Å². The number of hydrogen-bond acceptors (Lipinski definition) is 6. The summed E-state index contributed by atoms with van der Waals surface area (Å²) in [7, 11) is 1.26. The molecule has 0 aromatic heterocycles. The third-order valence-electron chi connectivity index (χ3n) is 1.94. The summed E-state index contributed by atoms with van der Waals surface area (Å²) in [6, 6.07) is 1.67. The van der Waals surface area contributed by atoms with Crippen molar-refractivity contribution in [2.24, 2.45) is 0 Å². The Labute approximate surface area is 110 Å². The third kappa shape index (κ3) is 8.20. The Bertz CT molecular complexity index is 411. The van der Waals surface area contributed by atoms with Crippen LogP contribution in [0.1, 0.15) is 12.8 Å². The molecule has 0 saturated carbocycles. The lowest BCUT2D eigenvalue weighted by Gasteiger charge is -2.03. The number of amides is 1. The molecule has 104 valence electrons. The average Bonchev–Trinajstić information content (AvgIpc) is 2.37. The lowest BCUT2D eigenvalue weighted by molar-refractivity contribution is -0.140. The first-order chi connectivity index (χ1) is 9.01. The molecule has 0 aromatic carbocycles. The van der Waals surface area contributed by atoms with E-state index in [4.69, 9.17) is 10.4 Å². The molecule has 0 aromatic rings. The third-order valence-corrected chi connectivity index (χ3v) is 1.94. The number of nitriles is 1. The van der Waals surface area contributed by atoms with Crippen molar-refractivity contribution in [3.63, 3.8) is 0 Å². The Hall–Kier alpha value is -2.56. The van der Waals surface area contributed by atoms with E-state index in [0.717, 1.165) is 0 Å². The summed E-state index contributed by atoms with van der Waals surface area (Å²) in [6.45, 7) is 0.162. The van der Waals surface area contributed by atoms with Crippen molar-refractivity contribution in [3.8, 4) is 6.07 Å². The zero-order chi connectivity index (χ0) is 14.7. The SMILES string of the molecule is COC(=O)CCN/C=C(/C#N)C(=O)NCCC(=O)O. The zero-order valence-electron chi connectivity index (χ0n) is 10.4. The van der Waals surface area contributed by atoms with Gasteiger partial charge in [0.2, 0.25) is 0 Å². The van der Waals surface area contributed by atoms with Crippen LogP contribution in [0.4, 0.5) is 0 Å². The normalized spacial score (nSPS) is 10.2. The molecule has 19 heavy (non-hydrogen) atoms. The van der Waals surface area contributed by atoms with Gasteiger partial charge in [-0.25, -0.2) is 0 Å². The smallest absolute Gasteiger partial charge is 0.307 e. The van der Waals surface area contributed by atoms with Crippen molar-refractivity contribution in [2.75, 3.05) is 20.2 Å². The van der Waals surface area contributed by atoms with Crippen molar-refractivity contribution in [3.05, 3.63) is 11.8 Å². The van der Waals surface area contributed by atoms with Crippen molar-refractivity contribution in [1.82, 2.24) is 10.6 Å². The minimum atomic E-state index is -1.04. The van der Waals surface area contributed by atoms with Crippen LogP contribution >= 0.6 is 0 Å². The number of esters is 1. The molecule has 0 fully saturated rings. The highest BCUT2D eigenvalue weighted by Gasteiger charge is 2.08. The number of nitrogens with zero attached hydrogens (tertiary/aromatic N) is 1. The van der Waals surface area contributed by atoms with Crippen LogP contribution in [0, 0.1) is 11.3 Å². The summed E-state index contributed by atoms with van der Waals surface area (Å²) < 4.78 is 4.41. The molecule has 0 atom stereocenters. The van der Waals surface area contributed by atoms with Gasteiger partial charge in [-0.3, -0.25) is 14.4 Å². The number of carbonyl (C=O) groups is 3. The minimum Gasteiger partial charge on any atom is -0.481 e. The van der Waals surface area contributed by atoms with Crippen LogP contribution in [0.3, 0.4) is 0 Å². The van der Waals surface area contributed by atoms with E-state index in [1.54, 1.807) is 6.07 Å². The van der Waals surface area contributed by atoms with Crippen LogP contribution < -0.4 is 10.6 Å². The van der Waals surface area contributed by atoms with E-state index in [9.17, 15) is 14.4 Å². The number of methoxy groups -OCH3 is 1. The number of carboxylic acids is 1. The second-order valence-corrected chi connectivity index (χ2v) is 3.35. The van der Waals surface area contributed by atoms with Gasteiger partial charge in [0.15, 0.2) is 0 Å². The number of aliphatic carboxylic acids is 1. The Morgan fingerprint density at radius 1 is 1.32 bits per heavy atom. The Morgan fingerprint density at radius 2 is 2.00 bits per heavy atom. The van der Waals surface area contributed by atoms with Gasteiger partial charge in [0.1, 0.15) is 11.6 Å². The number of nitrogens with one attached hydrogen (secondary N) is 2. The van der Waals surface area contributed by atoms with Gasteiger partial charge in [0.25, 0.3) is 5.91 Å². The standard InChI is InChI=1S/C11H15N3O5/c1-19-10(17)3-4-13-7-8(6-12)11(18)14-5-2-9(15)16/h7,13H,2-5H2,1H3,(H,14,18)(H,15,16)/b8-7-. The van der Waals surface area contributed by atoms with E-state index < -0.39 is 17.8 Å². The fourth-order valence-electron chi connectivity index (χ4n) is 0.977. The molecule has 0 unspecified atom stereocenters. The highest BCUT2D eigenvalue weighted by Crippen LogP contribution is 1.91. The highest BCUT2D eigenvalue weighted by molar-refractivity contribution is 5.97. The quantitative estimate of drug-likeness (QED) is 0.226. The molecule has 8 nitrogen and oxygen atoms in total. The summed E-state index contributed by atoms with van der Waals surface area (Å²) in [5, 5.41) is 22.0. The highest BCUT2D eigenvalue weighted by atomic mass is 16.5. The molecule has 1 amide bonds. The summed E-state index contributed by atoms with van der Waals surface area (Å²) in [5.74, 6) is -2.13. The van der Waals surface area contributed by atoms with Gasteiger partial charge >= 0.3 is 11.9 Å². The molecule has 0 spiro atoms. The van der Waals surface area contributed by atoms with Gasteiger partial charge in [-0.05, 0) is 0 Å². The second kappa shape index (κ2) is 9.47. The largest absolute Gasteiger partial charge is 0.481 e. The van der Waals surface area contributed by atoms with Crippen LogP contribution in [-0.4, -0.2) is 43.2 Å². The first-order valence-corrected chi connectivity index (χ1v) is 5.41. The molecular formula is C11H15N3O5. The van der Waals surface area contributed by atoms with Crippen LogP contribution in [-0.2, 0) is 19.1 Å². The Morgan fingerprint density at radius 3 is 2.53 bits per heavy atom. The molecule has 0 saturated heterocycles. The van der Waals surface area contributed by atoms with E-state index in [1.807, 2.05) is 0 Å². The fourth-order valence-corrected chi connectivity index (χ4v) is 0.977. The summed E-state index contributed by atoms with van der Waals surface area (Å²) in [4.78, 5) is 32.4. The first kappa shape index (κ1) is 16.4. The maximum Gasteiger partial charge on any atom is 0.307 e. The van der Waals surface area contributed by atoms with Gasteiger partial charge in [0, 0.05) is 19.3 Å². The second-order valence-electron chi connectivity index (χ2n) is 3.35. The topological polar surface area (TPSA) is 129 Å². The number of ether oxygens (including phenoxy) is 1. The molecule has 0 radical (unpaired) electrons. The Kier molecular flexibility index (Phi) is 8.19. The van der Waals surface area contributed by atoms with Gasteiger partial charge < -0.3 is 20.5 Å². The van der Waals surface area contributed by atoms with Gasteiger partial charge in [0.05, 0.1) is 20.0 Å². The lowest BCUT2D eigenvalue weighted by Crippen LogP contribution is -2.28. The van der Waals surface area contributed by atoms with Crippen molar-refractivity contribution >= 4 is 17.8 Å². The lowest BCUT2D eigenvalue weighted by atomic mass is 10.3. The van der Waals surface area contributed by atoms with E-state index in [0.29, 0.717) is 0 Å². The maximum atomic E-state index is 11.4. The van der Waals surface area contributed by atoms with E-state index >= 15 is 0 Å². The summed E-state index contributed by atoms with van der Waals surface area (Å²) in [6.07, 6.45) is 1.05. The molecule has 8 heteroatoms. The van der Waals surface area contributed by atoms with Gasteiger partial charge in [-0.15, -0.1) is 0 Å². The van der Waals surface area contributed by atoms with Crippen LogP contribution in [0.2, 0.25) is 0 Å². The van der Waals surface area contributed by atoms with Crippen LogP contribution in [0.25, 0.3) is 0 Å². The molecule has 0 aliphatic carbocycles. The van der Waals surface area contributed by atoms with Crippen molar-refractivity contribution in [2.45, 2.75) is 12.8 Å². The zero-order valence-corrected chi connectivity index (χ0v) is 10.4. The predicted octanol–water partition coefficient (Wildman–Crippen LogP) is -0.863. The monoisotopic (exact) mass is 269 g/mol. The van der Waals surface area contributed by atoms with Crippen LogP contribution in [0.15, 0.2) is 11.8 Å². The Balaban J connectivity index is 4.10. The molecule has 0 bridgehead atoms. The molecule has 0 aliphatic rings. The fraction of sp³-hybridized carbons (Fsp3) is 0.455. The number of rotatable bonds is 8. The molecule has 0 aliphatic heterocycles. The summed E-state index contributed by atoms with van der Waals surface area (Å²) >= 11 is 0. The van der Waals surface area contributed by atoms with E-state index in [-0.39, 0.29) is 31.5 Å². The number of carbonyl (C=O) groups excluding carboxylic acids is 2. The number of hydrogen-bond donors (Lipinski definition) is 3.